The van der Waals surface area contributed by atoms with Crippen LogP contribution in [0.4, 0.5) is 0 Å². The Morgan fingerprint density at radius 2 is 0.612 bits per heavy atom. The number of methoxy groups -OCH3 is 2. The fourth-order valence-corrected chi connectivity index (χ4v) is 17.7. The van der Waals surface area contributed by atoms with Gasteiger partial charge in [-0.15, -0.1) is 30.3 Å². The van der Waals surface area contributed by atoms with Crippen molar-refractivity contribution >= 4 is 245 Å². The molecule has 7 aromatic rings. The molecule has 0 unspecified atom stereocenters. The number of carboxylic acid groups (broad SMARTS) is 1. The number of hydrogen-bond acceptors (Lipinski definition) is 51. The van der Waals surface area contributed by atoms with Crippen molar-refractivity contribution in [2.24, 2.45) is 5.92 Å². The van der Waals surface area contributed by atoms with Gasteiger partial charge < -0.3 is 33.9 Å². The van der Waals surface area contributed by atoms with Crippen molar-refractivity contribution in [1.82, 2.24) is 0 Å². The van der Waals surface area contributed by atoms with Crippen molar-refractivity contribution in [2.45, 2.75) is 135 Å². The molecule has 73 heteroatoms. The van der Waals surface area contributed by atoms with Gasteiger partial charge >= 0.3 is 85.2 Å². The van der Waals surface area contributed by atoms with Crippen LogP contribution in [0.3, 0.4) is 0 Å². The average molecular weight is 2280 g/mol. The van der Waals surface area contributed by atoms with Crippen molar-refractivity contribution in [1.29, 1.82) is 0 Å². The van der Waals surface area contributed by atoms with Gasteiger partial charge in [-0.25, -0.2) is 36.8 Å². The number of aliphatic hydroxyl groups is 2. The third-order valence-electron chi connectivity index (χ3n) is 13.4. The molecular formula is C61H84Al2BBrLi2NaO52S14. The van der Waals surface area contributed by atoms with Gasteiger partial charge in [-0.1, -0.05) is 110 Å². The molecule has 0 saturated carbocycles. The Kier molecular flexibility index (Phi) is 85.1. The minimum atomic E-state index is -4.67. The van der Waals surface area contributed by atoms with Crippen LogP contribution < -0.4 is 67.3 Å². The number of carbonyl (C=O) groups excluding carboxylic acids is 4. The summed E-state index contributed by atoms with van der Waals surface area (Å²) in [4.78, 5) is 53.6. The Morgan fingerprint density at radius 3 is 0.858 bits per heavy atom. The summed E-state index contributed by atoms with van der Waals surface area (Å²) in [5, 5.41) is 106. The summed E-state index contributed by atoms with van der Waals surface area (Å²) in [6.45, 7) is -0.775. The predicted octanol–water partition coefficient (Wildman–Crippen LogP) is -0.962. The van der Waals surface area contributed by atoms with E-state index in [4.69, 9.17) is 79.4 Å². The summed E-state index contributed by atoms with van der Waals surface area (Å²) < 4.78 is 256. The van der Waals surface area contributed by atoms with E-state index in [1.54, 1.807) is 6.07 Å². The van der Waals surface area contributed by atoms with Gasteiger partial charge in [0.2, 0.25) is 0 Å². The van der Waals surface area contributed by atoms with Gasteiger partial charge in [0.05, 0.1) is 130 Å². The van der Waals surface area contributed by atoms with Gasteiger partial charge in [0, 0.05) is 73.0 Å². The van der Waals surface area contributed by atoms with Gasteiger partial charge in [-0.05, 0) is 144 Å². The van der Waals surface area contributed by atoms with Gasteiger partial charge in [0.15, 0.2) is 46.9 Å². The first-order chi connectivity index (χ1) is 58.5. The smallest absolute Gasteiger partial charge is 1.00 e. The van der Waals surface area contributed by atoms with E-state index >= 15 is 0 Å². The van der Waals surface area contributed by atoms with E-state index in [1.165, 1.54) is 84.9 Å². The van der Waals surface area contributed by atoms with Gasteiger partial charge in [0.1, 0.15) is 16.1 Å². The van der Waals surface area contributed by atoms with Crippen LogP contribution in [0.2, 0.25) is 0 Å². The fraction of sp³-hybridized carbons (Fsp3) is 0.230. The molecule has 0 aliphatic heterocycles. The number of benzene rings is 7. The molecule has 0 bridgehead atoms. The van der Waals surface area contributed by atoms with E-state index in [-0.39, 0.29) is 249 Å². The van der Waals surface area contributed by atoms with E-state index in [0.29, 0.717) is 112 Å². The van der Waals surface area contributed by atoms with Crippen LogP contribution in [0.5, 0.6) is 0 Å². The number of ether oxygens (including phenoxy) is 2. The molecule has 743 valence electrons. The maximum absolute atomic E-state index is 11.7. The van der Waals surface area contributed by atoms with Crippen molar-refractivity contribution in [3.8, 4) is 0 Å². The third-order valence-corrected chi connectivity index (χ3v) is 24.6. The molecule has 0 heterocycles. The van der Waals surface area contributed by atoms with Crippen molar-refractivity contribution in [2.75, 3.05) is 20.8 Å². The van der Waals surface area contributed by atoms with Crippen molar-refractivity contribution in [3.63, 3.8) is 0 Å². The van der Waals surface area contributed by atoms with Gasteiger partial charge in [-0.3, -0.25) is 51.0 Å². The van der Waals surface area contributed by atoms with Gasteiger partial charge in [0.25, 0.3) is 70.8 Å². The molecule has 3 radical (unpaired) electrons. The van der Waals surface area contributed by atoms with Crippen LogP contribution >= 0.6 is 100 Å². The molecule has 0 saturated heterocycles. The molecule has 0 aliphatic carbocycles. The Balaban J connectivity index is -0.000000132. The van der Waals surface area contributed by atoms with Crippen LogP contribution in [0.1, 0.15) is 76.7 Å². The van der Waals surface area contributed by atoms with E-state index in [0.717, 1.165) is 50.6 Å². The molecule has 0 spiro atoms. The molecule has 7 aromatic carbocycles. The summed E-state index contributed by atoms with van der Waals surface area (Å²) in [6.07, 6.45) is 0.0642. The normalized spacial score (nSPS) is 10.7. The molecule has 17 N–H and O–H groups in total. The zero-order valence-corrected chi connectivity index (χ0v) is 80.1. The monoisotopic (exact) mass is 2280 g/mol. The predicted molar refractivity (Wildman–Crippen MR) is 469 cm³/mol. The summed E-state index contributed by atoms with van der Waals surface area (Å²) >= 11 is 6.85. The summed E-state index contributed by atoms with van der Waals surface area (Å²) in [6, 6.07) is 27.0. The number of halogens is 1. The molecule has 134 heavy (non-hydrogen) atoms. The Labute approximate surface area is 876 Å². The first-order valence-corrected chi connectivity index (χ1v) is 47.2. The summed E-state index contributed by atoms with van der Waals surface area (Å²) in [5.74, 6) is -4.33. The number of aryl methyl sites for hydroxylation is 1. The molecule has 52 nitrogen and oxygen atoms in total. The SMILES string of the molecule is C.C.C.COC(=O)C(Cc1ccc(SOOO)cc1S(=O)(=O)O)C(=O)OC.O=C(O)CCc1ccc(SOOO)cc1S(=O)(=O)O.O=CCc1ccc(SOOO)cc1S(=O)(=O)O.O=Cc1ccc(SOOO)cc1S(=O)(=O)O.O=S(=O)(O)c1cc(SOOO)ccc1CBr.O=S(=O)(O)c1cc(SOOO)ccc1CCO.O=S(=O)(O)c1cc(SOOO)ccc1CO.[AlH3].[AlH3].[B].[H-].[H-].[H-].[Li+].[Li+].[Na+]. The van der Waals surface area contributed by atoms with Crippen LogP contribution in [-0.2, 0) is 203 Å². The number of aldehydes is 2. The number of aliphatic carboxylic acids is 1. The Hall–Kier alpha value is -3.01. The zero-order chi connectivity index (χ0) is 95.1. The maximum Gasteiger partial charge on any atom is 1.00 e. The fourth-order valence-electron chi connectivity index (χ4n) is 8.44. The van der Waals surface area contributed by atoms with E-state index in [1.807, 2.05) is 0 Å². The minimum absolute atomic E-state index is 0. The average Bonchev–Trinajstić information content (AvgIpc) is 0.822. The number of rotatable bonds is 42. The minimum Gasteiger partial charge on any atom is -1.00 e. The molecule has 0 atom stereocenters. The number of aliphatic hydroxyl groups excluding tert-OH is 2. The summed E-state index contributed by atoms with van der Waals surface area (Å²) in [7, 11) is -29.1. The Bertz CT molecular complexity index is 5470. The standard InChI is InChI=1S/C12H14O10S2.C9H10O8S2.C8H10O7S2.C8H8O7S2.C7H7BrO6S2.C7H8O7S2.C7H6O7S2.3CH4.2Al.B.2Li.Na.9H/c1-19-11(13)9(12(14)20-2)5-7-3-4-8(23-22-21-15)6-10(7)24(16,17)18;10-9(11)4-2-6-1-3-7(18-17-16-12)5-8(6)19(13,14)15;2*9-4-3-6-1-2-7(16-15-14-10)5-8(6)17(11,12)13;3*8-4-5-1-2-6(15-14-13-9)3-7(5)16(10,11)12;;;;;;;;;;;;;;;;;;/h3-4,6,9,15H,5H2,1-2H3,(H,16,17,18);1,3,5,12H,2,4H2,(H,10,11)(H,13,14,15);1-2,5,9-10H,3-4H2,(H,11,12,13);1-2,4-5,10H,3H2,(H,11,12,13);1-3,9H,4H2,(H,10,11,12);1-3,8-9H,4H2,(H,10,11,12);1-4,9H,(H,10,11,12);3*1H4;;;;;;;;;;;;;;;/q;;;;;;;;;;;;;3*+1;;;;;;;3*-1. The number of carboxylic acids is 1. The first-order valence-electron chi connectivity index (χ1n) is 30.8. The molecule has 7 rings (SSSR count). The quantitative estimate of drug-likeness (QED) is 0.00252. The second-order valence-corrected chi connectivity index (χ2v) is 36.9. The summed E-state index contributed by atoms with van der Waals surface area (Å²) in [5.41, 5.74) is 0.873. The van der Waals surface area contributed by atoms with Crippen LogP contribution in [0, 0.1) is 5.92 Å². The first kappa shape index (κ1) is 149. The molecule has 0 aliphatic rings. The second kappa shape index (κ2) is 76.6. The number of hydrogen-bond donors (Lipinski definition) is 17. The number of carbonyl (C=O) groups is 5. The van der Waals surface area contributed by atoms with E-state index in [9.17, 15) is 87.5 Å². The molecule has 0 fully saturated rings. The van der Waals surface area contributed by atoms with E-state index in [2.05, 4.69) is 91.0 Å². The second-order valence-electron chi connectivity index (χ2n) is 21.2. The van der Waals surface area contributed by atoms with Gasteiger partial charge in [-0.2, -0.15) is 58.9 Å². The van der Waals surface area contributed by atoms with Crippen molar-refractivity contribution < 1.29 is 314 Å². The van der Waals surface area contributed by atoms with Crippen LogP contribution in [0.25, 0.3) is 0 Å². The number of alkyl halides is 1. The van der Waals surface area contributed by atoms with Crippen LogP contribution in [0.15, 0.2) is 196 Å². The molecule has 0 aromatic heterocycles. The number of esters is 2. The Morgan fingerprint density at radius 1 is 0.381 bits per heavy atom. The van der Waals surface area contributed by atoms with Crippen LogP contribution in [-0.4, -0.2) is 237 Å². The molecule has 0 amide bonds. The largest absolute Gasteiger partial charge is 1.00 e. The molecular weight excluding hydrogens is 2200 g/mol. The topological polar surface area (TPSA) is 816 Å². The maximum atomic E-state index is 11.7. The van der Waals surface area contributed by atoms with E-state index < -0.39 is 126 Å². The third kappa shape index (κ3) is 57.9. The zero-order valence-electron chi connectivity index (χ0n) is 68.1. The van der Waals surface area contributed by atoms with Crippen molar-refractivity contribution in [3.05, 3.63) is 166 Å².